The minimum Gasteiger partial charge on any atom is -0.329 e. The Bertz CT molecular complexity index is 1310. The zero-order chi connectivity index (χ0) is 23.4. The number of hydrogen-bond acceptors (Lipinski definition) is 4. The van der Waals surface area contributed by atoms with E-state index in [1.54, 1.807) is 29.4 Å². The van der Waals surface area contributed by atoms with Crippen LogP contribution in [0.4, 0.5) is 0 Å². The molecule has 0 N–H and O–H groups in total. The summed E-state index contributed by atoms with van der Waals surface area (Å²) in [6.07, 6.45) is 4.44. The average Bonchev–Trinajstić information content (AvgIpc) is 2.84. The average molecular weight is 441 g/mol. The van der Waals surface area contributed by atoms with Crippen molar-refractivity contribution in [2.75, 3.05) is 0 Å². The van der Waals surface area contributed by atoms with E-state index in [2.05, 4.69) is 41.3 Å². The first-order valence-corrected chi connectivity index (χ1v) is 11.3. The third-order valence-corrected chi connectivity index (χ3v) is 5.71. The van der Waals surface area contributed by atoms with Crippen molar-refractivity contribution < 1.29 is 4.79 Å². The van der Waals surface area contributed by atoms with Crippen LogP contribution in [0, 0.1) is 0 Å². The van der Waals surface area contributed by atoms with Gasteiger partial charge in [-0.15, -0.1) is 0 Å². The Hall–Kier alpha value is -3.80. The summed E-state index contributed by atoms with van der Waals surface area (Å²) in [4.78, 5) is 32.8. The molecule has 0 saturated carbocycles. The zero-order valence-electron chi connectivity index (χ0n) is 19.2. The third-order valence-electron chi connectivity index (χ3n) is 5.71. The van der Waals surface area contributed by atoms with Crippen molar-refractivity contribution in [3.63, 3.8) is 0 Å². The summed E-state index contributed by atoms with van der Waals surface area (Å²) in [5, 5.41) is 5.60. The normalized spacial score (nSPS) is 11.2. The van der Waals surface area contributed by atoms with E-state index in [0.29, 0.717) is 23.9 Å². The maximum atomic E-state index is 13.9. The van der Waals surface area contributed by atoms with Crippen LogP contribution in [0.25, 0.3) is 10.8 Å². The van der Waals surface area contributed by atoms with Gasteiger partial charge < -0.3 is 4.90 Å². The smallest absolute Gasteiger partial charge is 0.275 e. The molecule has 0 unspecified atom stereocenters. The van der Waals surface area contributed by atoms with Crippen molar-refractivity contribution in [2.24, 2.45) is 0 Å². The Labute approximate surface area is 193 Å². The van der Waals surface area contributed by atoms with Crippen LogP contribution >= 0.6 is 0 Å². The predicted molar refractivity (Wildman–Crippen MR) is 130 cm³/mol. The van der Waals surface area contributed by atoms with Gasteiger partial charge in [0.2, 0.25) is 0 Å². The molecular weight excluding hydrogens is 412 g/mol. The van der Waals surface area contributed by atoms with Crippen LogP contribution in [0.15, 0.2) is 77.9 Å². The molecule has 0 saturated heterocycles. The van der Waals surface area contributed by atoms with Crippen LogP contribution in [0.5, 0.6) is 0 Å². The lowest BCUT2D eigenvalue weighted by molar-refractivity contribution is 0.0723. The summed E-state index contributed by atoms with van der Waals surface area (Å²) >= 11 is 0. The maximum Gasteiger partial charge on any atom is 0.275 e. The van der Waals surface area contributed by atoms with E-state index in [9.17, 15) is 9.59 Å². The Morgan fingerprint density at radius 3 is 2.21 bits per heavy atom. The number of rotatable bonds is 7. The Morgan fingerprint density at radius 1 is 0.909 bits per heavy atom. The molecule has 0 bridgehead atoms. The first kappa shape index (κ1) is 22.4. The van der Waals surface area contributed by atoms with Gasteiger partial charge in [0.15, 0.2) is 5.69 Å². The topological polar surface area (TPSA) is 68.1 Å². The van der Waals surface area contributed by atoms with Crippen molar-refractivity contribution in [1.82, 2.24) is 19.7 Å². The number of fused-ring (bicyclic) bond motifs is 1. The number of amides is 1. The van der Waals surface area contributed by atoms with Crippen LogP contribution in [-0.2, 0) is 19.5 Å². The van der Waals surface area contributed by atoms with Crippen LogP contribution in [0.2, 0.25) is 0 Å². The highest BCUT2D eigenvalue weighted by atomic mass is 16.2. The largest absolute Gasteiger partial charge is 0.329 e. The lowest BCUT2D eigenvalue weighted by Gasteiger charge is -2.24. The van der Waals surface area contributed by atoms with Gasteiger partial charge in [0.25, 0.3) is 11.5 Å². The monoisotopic (exact) mass is 440 g/mol. The van der Waals surface area contributed by atoms with Crippen LogP contribution in [0.1, 0.15) is 54.0 Å². The summed E-state index contributed by atoms with van der Waals surface area (Å²) in [5.74, 6) is -0.218. The number of aryl methyl sites for hydroxylation is 1. The first-order chi connectivity index (χ1) is 16.0. The number of carbonyl (C=O) groups excluding carboxylic acids is 1. The number of hydrogen-bond donors (Lipinski definition) is 0. The summed E-state index contributed by atoms with van der Waals surface area (Å²) in [5.41, 5.74) is 3.31. The van der Waals surface area contributed by atoms with Crippen molar-refractivity contribution >= 4 is 16.7 Å². The molecule has 6 nitrogen and oxygen atoms in total. The van der Waals surface area contributed by atoms with Gasteiger partial charge in [0.05, 0.1) is 11.4 Å². The van der Waals surface area contributed by atoms with Gasteiger partial charge in [0.1, 0.15) is 0 Å². The number of aromatic nitrogens is 3. The Kier molecular flexibility index (Phi) is 6.63. The Balaban J connectivity index is 1.79. The molecule has 6 heteroatoms. The molecule has 0 aliphatic rings. The SMILES string of the molecule is CCc1ccc(CN(Cc2cccnc2)C(=O)c2nn(C(C)C)c(=O)c3ccccc23)cc1. The molecule has 0 aliphatic heterocycles. The van der Waals surface area contributed by atoms with Crippen LogP contribution in [-0.4, -0.2) is 25.6 Å². The second-order valence-corrected chi connectivity index (χ2v) is 8.43. The molecule has 0 aliphatic carbocycles. The highest BCUT2D eigenvalue weighted by Crippen LogP contribution is 2.20. The van der Waals surface area contributed by atoms with E-state index in [1.165, 1.54) is 10.2 Å². The molecule has 0 radical (unpaired) electrons. The standard InChI is InChI=1S/C27H28N4O2/c1-4-20-11-13-21(14-12-20)17-30(18-22-8-7-15-28-16-22)27(33)25-23-9-5-6-10-24(23)26(32)31(29-25)19(2)3/h5-16,19H,4,17-18H2,1-3H3. The number of pyridine rings is 1. The van der Waals surface area contributed by atoms with Crippen molar-refractivity contribution in [3.05, 3.63) is 106 Å². The van der Waals surface area contributed by atoms with Crippen molar-refractivity contribution in [3.8, 4) is 0 Å². The van der Waals surface area contributed by atoms with E-state index >= 15 is 0 Å². The lowest BCUT2D eigenvalue weighted by atomic mass is 10.1. The molecular formula is C27H28N4O2. The van der Waals surface area contributed by atoms with Gasteiger partial charge in [-0.1, -0.05) is 55.5 Å². The van der Waals surface area contributed by atoms with E-state index in [0.717, 1.165) is 17.5 Å². The lowest BCUT2D eigenvalue weighted by Crippen LogP contribution is -2.34. The maximum absolute atomic E-state index is 13.9. The van der Waals surface area contributed by atoms with Crippen molar-refractivity contribution in [1.29, 1.82) is 0 Å². The van der Waals surface area contributed by atoms with Crippen LogP contribution < -0.4 is 5.56 Å². The molecule has 33 heavy (non-hydrogen) atoms. The minimum absolute atomic E-state index is 0.165. The highest BCUT2D eigenvalue weighted by Gasteiger charge is 2.23. The highest BCUT2D eigenvalue weighted by molar-refractivity contribution is 6.04. The molecule has 4 aromatic rings. The van der Waals surface area contributed by atoms with Gasteiger partial charge in [-0.25, -0.2) is 4.68 Å². The molecule has 2 heterocycles. The van der Waals surface area contributed by atoms with E-state index in [1.807, 2.05) is 38.1 Å². The molecule has 4 rings (SSSR count). The van der Waals surface area contributed by atoms with Crippen LogP contribution in [0.3, 0.4) is 0 Å². The van der Waals surface area contributed by atoms with Gasteiger partial charge in [0, 0.05) is 30.9 Å². The zero-order valence-corrected chi connectivity index (χ0v) is 19.2. The third kappa shape index (κ3) is 4.85. The van der Waals surface area contributed by atoms with Gasteiger partial charge in [-0.3, -0.25) is 14.6 Å². The second-order valence-electron chi connectivity index (χ2n) is 8.43. The number of carbonyl (C=O) groups is 1. The van der Waals surface area contributed by atoms with Gasteiger partial charge >= 0.3 is 0 Å². The van der Waals surface area contributed by atoms with E-state index < -0.39 is 0 Å². The minimum atomic E-state index is -0.218. The summed E-state index contributed by atoms with van der Waals surface area (Å²) in [6.45, 7) is 6.71. The fourth-order valence-electron chi connectivity index (χ4n) is 3.88. The molecule has 0 spiro atoms. The second kappa shape index (κ2) is 9.77. The first-order valence-electron chi connectivity index (χ1n) is 11.3. The van der Waals surface area contributed by atoms with E-state index in [-0.39, 0.29) is 23.2 Å². The molecule has 1 amide bonds. The van der Waals surface area contributed by atoms with E-state index in [4.69, 9.17) is 0 Å². The molecule has 0 fully saturated rings. The quantitative estimate of drug-likeness (QED) is 0.415. The fraction of sp³-hybridized carbons (Fsp3) is 0.259. The summed E-state index contributed by atoms with van der Waals surface area (Å²) < 4.78 is 1.40. The van der Waals surface area contributed by atoms with Gasteiger partial charge in [-0.05, 0) is 49.1 Å². The molecule has 2 aromatic carbocycles. The van der Waals surface area contributed by atoms with Crippen molar-refractivity contribution in [2.45, 2.75) is 46.3 Å². The molecule has 0 atom stereocenters. The molecule has 2 aromatic heterocycles. The molecule has 168 valence electrons. The fourth-order valence-corrected chi connectivity index (χ4v) is 3.88. The number of benzene rings is 2. The summed E-state index contributed by atoms with van der Waals surface area (Å²) in [6, 6.07) is 19.1. The van der Waals surface area contributed by atoms with Gasteiger partial charge in [-0.2, -0.15) is 5.10 Å². The summed E-state index contributed by atoms with van der Waals surface area (Å²) in [7, 11) is 0. The predicted octanol–water partition coefficient (Wildman–Crippen LogP) is 4.78. The number of nitrogens with zero attached hydrogens (tertiary/aromatic N) is 4. The Morgan fingerprint density at radius 2 is 1.58 bits per heavy atom.